The summed E-state index contributed by atoms with van der Waals surface area (Å²) in [6.45, 7) is 0. The van der Waals surface area contributed by atoms with E-state index in [9.17, 15) is 14.8 Å². The summed E-state index contributed by atoms with van der Waals surface area (Å²) in [5.74, 6) is -0.192. The molecule has 0 aliphatic rings. The third-order valence-corrected chi connectivity index (χ3v) is 3.15. The molecule has 0 radical (unpaired) electrons. The van der Waals surface area contributed by atoms with Crippen molar-refractivity contribution in [1.82, 2.24) is 5.43 Å². The van der Waals surface area contributed by atoms with Gasteiger partial charge in [-0.25, -0.2) is 5.43 Å². The van der Waals surface area contributed by atoms with Crippen LogP contribution in [0.15, 0.2) is 59.7 Å². The van der Waals surface area contributed by atoms with E-state index in [0.717, 1.165) is 5.56 Å². The summed E-state index contributed by atoms with van der Waals surface area (Å²) in [6.07, 6.45) is 2.38. The summed E-state index contributed by atoms with van der Waals surface area (Å²) in [5.41, 5.74) is 4.41. The number of aryl methyl sites for hydroxylation is 1. The molecule has 0 atom stereocenters. The second kappa shape index (κ2) is 8.12. The van der Waals surface area contributed by atoms with Crippen LogP contribution in [0.3, 0.4) is 0 Å². The maximum absolute atomic E-state index is 11.7. The van der Waals surface area contributed by atoms with E-state index in [1.54, 1.807) is 24.3 Å². The lowest BCUT2D eigenvalue weighted by Gasteiger charge is -2.04. The number of hydrogen-bond acceptors (Lipinski definition) is 4. The van der Waals surface area contributed by atoms with Crippen molar-refractivity contribution in [1.29, 1.82) is 0 Å². The first kappa shape index (κ1) is 15.9. The number of hydrogen-bond donors (Lipinski definition) is 3. The maximum Gasteiger partial charge on any atom is 0.489 e. The van der Waals surface area contributed by atoms with Gasteiger partial charge in [-0.05, 0) is 23.0 Å². The van der Waals surface area contributed by atoms with E-state index in [1.807, 2.05) is 30.3 Å². The van der Waals surface area contributed by atoms with Crippen molar-refractivity contribution in [3.63, 3.8) is 0 Å². The molecule has 0 aromatic heterocycles. The monoisotopic (exact) mass is 296 g/mol. The Labute approximate surface area is 129 Å². The molecule has 0 aliphatic carbocycles. The van der Waals surface area contributed by atoms with Crippen molar-refractivity contribution in [3.05, 3.63) is 65.7 Å². The topological polar surface area (TPSA) is 81.9 Å². The van der Waals surface area contributed by atoms with E-state index in [4.69, 9.17) is 0 Å². The number of hydrazone groups is 1. The molecule has 2 aromatic carbocycles. The van der Waals surface area contributed by atoms with Crippen LogP contribution >= 0.6 is 0 Å². The van der Waals surface area contributed by atoms with Gasteiger partial charge in [-0.1, -0.05) is 54.6 Å². The summed E-state index contributed by atoms with van der Waals surface area (Å²) in [4.78, 5) is 11.7. The van der Waals surface area contributed by atoms with Gasteiger partial charge in [-0.2, -0.15) is 5.10 Å². The summed E-state index contributed by atoms with van der Waals surface area (Å²) < 4.78 is 0. The molecule has 0 aliphatic heterocycles. The SMILES string of the molecule is O=C(CCc1ccccc1)N/N=C/c1ccccc1B(O)O. The van der Waals surface area contributed by atoms with Gasteiger partial charge in [-0.3, -0.25) is 4.79 Å². The standard InChI is InChI=1S/C16H17BN2O3/c20-16(11-10-13-6-2-1-3-7-13)19-18-12-14-8-4-5-9-15(14)17(21)22/h1-9,12,21-22H,10-11H2,(H,19,20)/b18-12+. The molecular weight excluding hydrogens is 279 g/mol. The van der Waals surface area contributed by atoms with Crippen LogP contribution in [0.4, 0.5) is 0 Å². The van der Waals surface area contributed by atoms with Crippen LogP contribution in [-0.2, 0) is 11.2 Å². The van der Waals surface area contributed by atoms with Crippen molar-refractivity contribution < 1.29 is 14.8 Å². The highest BCUT2D eigenvalue weighted by molar-refractivity contribution is 6.60. The fourth-order valence-electron chi connectivity index (χ4n) is 2.00. The normalized spacial score (nSPS) is 10.6. The zero-order valence-corrected chi connectivity index (χ0v) is 12.0. The Kier molecular flexibility index (Phi) is 5.88. The minimum absolute atomic E-state index is 0.192. The molecule has 0 unspecified atom stereocenters. The van der Waals surface area contributed by atoms with Crippen LogP contribution in [0.1, 0.15) is 17.5 Å². The van der Waals surface area contributed by atoms with E-state index in [-0.39, 0.29) is 5.91 Å². The van der Waals surface area contributed by atoms with Gasteiger partial charge in [0.2, 0.25) is 5.91 Å². The second-order valence-corrected chi connectivity index (χ2v) is 4.78. The Morgan fingerprint density at radius 1 is 1.09 bits per heavy atom. The Morgan fingerprint density at radius 2 is 1.77 bits per heavy atom. The lowest BCUT2D eigenvalue weighted by atomic mass is 9.77. The average Bonchev–Trinajstić information content (AvgIpc) is 2.54. The Bertz CT molecular complexity index is 645. The molecule has 2 rings (SSSR count). The highest BCUT2D eigenvalue weighted by Crippen LogP contribution is 2.02. The molecule has 22 heavy (non-hydrogen) atoms. The highest BCUT2D eigenvalue weighted by Gasteiger charge is 2.13. The van der Waals surface area contributed by atoms with Crippen molar-refractivity contribution in [2.45, 2.75) is 12.8 Å². The quantitative estimate of drug-likeness (QED) is 0.411. The summed E-state index contributed by atoms with van der Waals surface area (Å²) in [5, 5.41) is 22.3. The van der Waals surface area contributed by atoms with E-state index in [0.29, 0.717) is 23.9 Å². The predicted octanol–water partition coefficient (Wildman–Crippen LogP) is 0.449. The van der Waals surface area contributed by atoms with Gasteiger partial charge < -0.3 is 10.0 Å². The fraction of sp³-hybridized carbons (Fsp3) is 0.125. The number of amides is 1. The molecule has 0 saturated carbocycles. The molecular formula is C16H17BN2O3. The number of carbonyl (C=O) groups excluding carboxylic acids is 1. The van der Waals surface area contributed by atoms with Crippen molar-refractivity contribution in [2.24, 2.45) is 5.10 Å². The van der Waals surface area contributed by atoms with Gasteiger partial charge in [0.25, 0.3) is 0 Å². The van der Waals surface area contributed by atoms with Crippen LogP contribution in [0.5, 0.6) is 0 Å². The van der Waals surface area contributed by atoms with E-state index in [1.165, 1.54) is 6.21 Å². The molecule has 1 amide bonds. The molecule has 2 aromatic rings. The lowest BCUT2D eigenvalue weighted by Crippen LogP contribution is -2.33. The molecule has 5 nitrogen and oxygen atoms in total. The molecule has 0 heterocycles. The average molecular weight is 296 g/mol. The fourth-order valence-corrected chi connectivity index (χ4v) is 2.00. The minimum Gasteiger partial charge on any atom is -0.423 e. The van der Waals surface area contributed by atoms with Gasteiger partial charge >= 0.3 is 7.12 Å². The summed E-state index contributed by atoms with van der Waals surface area (Å²) in [7, 11) is -1.57. The summed E-state index contributed by atoms with van der Waals surface area (Å²) in [6, 6.07) is 16.5. The first-order valence-corrected chi connectivity index (χ1v) is 6.97. The molecule has 0 bridgehead atoms. The van der Waals surface area contributed by atoms with Crippen molar-refractivity contribution in [2.75, 3.05) is 0 Å². The molecule has 112 valence electrons. The maximum atomic E-state index is 11.7. The first-order valence-electron chi connectivity index (χ1n) is 6.97. The molecule has 0 fully saturated rings. The van der Waals surface area contributed by atoms with E-state index >= 15 is 0 Å². The van der Waals surface area contributed by atoms with E-state index < -0.39 is 7.12 Å². The third-order valence-electron chi connectivity index (χ3n) is 3.15. The summed E-state index contributed by atoms with van der Waals surface area (Å²) >= 11 is 0. The first-order chi connectivity index (χ1) is 10.7. The Balaban J connectivity index is 1.86. The van der Waals surface area contributed by atoms with Crippen LogP contribution in [0.25, 0.3) is 0 Å². The predicted molar refractivity (Wildman–Crippen MR) is 86.8 cm³/mol. The lowest BCUT2D eigenvalue weighted by molar-refractivity contribution is -0.121. The van der Waals surface area contributed by atoms with E-state index in [2.05, 4.69) is 10.5 Å². The molecule has 6 heteroatoms. The molecule has 3 N–H and O–H groups in total. The zero-order chi connectivity index (χ0) is 15.8. The Hall–Kier alpha value is -2.44. The van der Waals surface area contributed by atoms with Crippen molar-refractivity contribution in [3.8, 4) is 0 Å². The number of nitrogens with one attached hydrogen (secondary N) is 1. The van der Waals surface area contributed by atoms with Crippen LogP contribution in [-0.4, -0.2) is 29.3 Å². The zero-order valence-electron chi connectivity index (χ0n) is 12.0. The van der Waals surface area contributed by atoms with Crippen LogP contribution < -0.4 is 10.9 Å². The Morgan fingerprint density at radius 3 is 2.50 bits per heavy atom. The molecule has 0 saturated heterocycles. The smallest absolute Gasteiger partial charge is 0.423 e. The van der Waals surface area contributed by atoms with Crippen molar-refractivity contribution >= 4 is 24.7 Å². The second-order valence-electron chi connectivity index (χ2n) is 4.78. The number of nitrogens with zero attached hydrogens (tertiary/aromatic N) is 1. The molecule has 0 spiro atoms. The van der Waals surface area contributed by atoms with Gasteiger partial charge in [0.1, 0.15) is 0 Å². The third kappa shape index (κ3) is 4.84. The van der Waals surface area contributed by atoms with Gasteiger partial charge in [-0.15, -0.1) is 0 Å². The number of benzene rings is 2. The van der Waals surface area contributed by atoms with Gasteiger partial charge in [0, 0.05) is 6.42 Å². The largest absolute Gasteiger partial charge is 0.489 e. The highest BCUT2D eigenvalue weighted by atomic mass is 16.4. The number of carbonyl (C=O) groups is 1. The van der Waals surface area contributed by atoms with Crippen LogP contribution in [0, 0.1) is 0 Å². The van der Waals surface area contributed by atoms with Gasteiger partial charge in [0.15, 0.2) is 0 Å². The number of rotatable bonds is 6. The minimum atomic E-state index is -1.57. The van der Waals surface area contributed by atoms with Gasteiger partial charge in [0.05, 0.1) is 6.21 Å². The van der Waals surface area contributed by atoms with Crippen LogP contribution in [0.2, 0.25) is 0 Å².